The maximum absolute atomic E-state index is 12.6. The van der Waals surface area contributed by atoms with Crippen LogP contribution in [0.15, 0.2) is 47.4 Å². The number of hydrogen-bond donors (Lipinski definition) is 1. The Bertz CT molecular complexity index is 1280. The largest absolute Gasteiger partial charge is 0.494 e. The predicted molar refractivity (Wildman–Crippen MR) is 126 cm³/mol. The molecule has 0 radical (unpaired) electrons. The molecule has 1 atom stereocenters. The van der Waals surface area contributed by atoms with Crippen molar-refractivity contribution < 1.29 is 9.53 Å². The highest BCUT2D eigenvalue weighted by atomic mass is 32.2. The van der Waals surface area contributed by atoms with E-state index in [-0.39, 0.29) is 11.8 Å². The molecule has 0 fully saturated rings. The summed E-state index contributed by atoms with van der Waals surface area (Å²) in [7, 11) is 0. The van der Waals surface area contributed by atoms with Crippen LogP contribution in [0.4, 0.5) is 5.82 Å². The molecule has 0 aliphatic carbocycles. The zero-order valence-corrected chi connectivity index (χ0v) is 19.1. The van der Waals surface area contributed by atoms with Crippen LogP contribution in [0.2, 0.25) is 0 Å². The van der Waals surface area contributed by atoms with E-state index in [1.807, 2.05) is 32.0 Å². The van der Waals surface area contributed by atoms with E-state index in [4.69, 9.17) is 14.8 Å². The van der Waals surface area contributed by atoms with E-state index in [1.165, 1.54) is 16.2 Å². The zero-order chi connectivity index (χ0) is 21.5. The number of amides is 1. The SMILES string of the molecule is CCOc1ccc2nc(-n3nc(C)c4c3NC(=O)C[C@@H]4c3ccc(SC)cc3)sc2c1. The predicted octanol–water partition coefficient (Wildman–Crippen LogP) is 5.39. The first-order valence-electron chi connectivity index (χ1n) is 10.1. The summed E-state index contributed by atoms with van der Waals surface area (Å²) >= 11 is 3.24. The third kappa shape index (κ3) is 3.59. The number of carbonyl (C=O) groups is 1. The number of nitrogens with one attached hydrogen (secondary N) is 1. The third-order valence-corrected chi connectivity index (χ3v) is 7.20. The molecule has 0 bridgehead atoms. The minimum absolute atomic E-state index is 0.00710. The van der Waals surface area contributed by atoms with Gasteiger partial charge in [0.2, 0.25) is 11.0 Å². The van der Waals surface area contributed by atoms with Gasteiger partial charge in [0, 0.05) is 22.8 Å². The summed E-state index contributed by atoms with van der Waals surface area (Å²) in [5.74, 6) is 1.52. The number of benzene rings is 2. The minimum atomic E-state index is -0.0210. The summed E-state index contributed by atoms with van der Waals surface area (Å²) in [6.07, 6.45) is 2.47. The van der Waals surface area contributed by atoms with Gasteiger partial charge >= 0.3 is 0 Å². The van der Waals surface area contributed by atoms with Gasteiger partial charge in [-0.1, -0.05) is 23.5 Å². The summed E-state index contributed by atoms with van der Waals surface area (Å²) in [6.45, 7) is 4.58. The topological polar surface area (TPSA) is 69.0 Å². The highest BCUT2D eigenvalue weighted by Crippen LogP contribution is 2.41. The van der Waals surface area contributed by atoms with Crippen molar-refractivity contribution in [3.8, 4) is 10.9 Å². The van der Waals surface area contributed by atoms with Crippen molar-refractivity contribution in [2.75, 3.05) is 18.2 Å². The molecule has 1 amide bonds. The molecular formula is C23H22N4O2S2. The van der Waals surface area contributed by atoms with Gasteiger partial charge in [0.15, 0.2) is 0 Å². The van der Waals surface area contributed by atoms with E-state index in [1.54, 1.807) is 16.4 Å². The maximum atomic E-state index is 12.6. The van der Waals surface area contributed by atoms with Gasteiger partial charge in [-0.25, -0.2) is 4.98 Å². The Kier molecular flexibility index (Phi) is 5.19. The summed E-state index contributed by atoms with van der Waals surface area (Å²) in [4.78, 5) is 18.6. The van der Waals surface area contributed by atoms with Gasteiger partial charge in [-0.15, -0.1) is 11.8 Å². The van der Waals surface area contributed by atoms with Crippen molar-refractivity contribution in [3.05, 3.63) is 59.3 Å². The highest BCUT2D eigenvalue weighted by Gasteiger charge is 2.33. The monoisotopic (exact) mass is 450 g/mol. The molecule has 0 saturated carbocycles. The average Bonchev–Trinajstić information content (AvgIpc) is 3.34. The number of fused-ring (bicyclic) bond motifs is 2. The fraction of sp³-hybridized carbons (Fsp3) is 0.261. The van der Waals surface area contributed by atoms with E-state index in [0.717, 1.165) is 43.7 Å². The summed E-state index contributed by atoms with van der Waals surface area (Å²) in [5.41, 5.74) is 3.98. The van der Waals surface area contributed by atoms with Crippen LogP contribution in [0.3, 0.4) is 0 Å². The van der Waals surface area contributed by atoms with Gasteiger partial charge in [-0.2, -0.15) is 9.78 Å². The standard InChI is InChI=1S/C23H22N4O2S2/c1-4-29-15-7-10-18-19(11-15)31-23(24-18)27-22-21(13(2)26-27)17(12-20(28)25-22)14-5-8-16(30-3)9-6-14/h5-11,17H,4,12H2,1-3H3,(H,25,28)/t17-/m1/s1. The van der Waals surface area contributed by atoms with Gasteiger partial charge in [-0.3, -0.25) is 4.79 Å². The van der Waals surface area contributed by atoms with Gasteiger partial charge in [-0.05, 0) is 56.0 Å². The van der Waals surface area contributed by atoms with Crippen molar-refractivity contribution in [1.82, 2.24) is 14.8 Å². The van der Waals surface area contributed by atoms with E-state index < -0.39 is 0 Å². The summed E-state index contributed by atoms with van der Waals surface area (Å²) in [5, 5.41) is 8.55. The summed E-state index contributed by atoms with van der Waals surface area (Å²) < 4.78 is 8.41. The van der Waals surface area contributed by atoms with Crippen LogP contribution in [0.25, 0.3) is 15.3 Å². The number of aromatic nitrogens is 3. The number of thioether (sulfide) groups is 1. The Labute approximate surface area is 188 Å². The van der Waals surface area contributed by atoms with Gasteiger partial charge in [0.1, 0.15) is 11.6 Å². The lowest BCUT2D eigenvalue weighted by Gasteiger charge is -2.24. The molecule has 3 heterocycles. The fourth-order valence-corrected chi connectivity index (χ4v) is 5.41. The number of carbonyl (C=O) groups excluding carboxylic acids is 1. The van der Waals surface area contributed by atoms with Crippen molar-refractivity contribution in [2.45, 2.75) is 31.1 Å². The minimum Gasteiger partial charge on any atom is -0.494 e. The molecular weight excluding hydrogens is 428 g/mol. The molecule has 5 rings (SSSR count). The molecule has 158 valence electrons. The van der Waals surface area contributed by atoms with E-state index in [0.29, 0.717) is 13.0 Å². The lowest BCUT2D eigenvalue weighted by Crippen LogP contribution is -2.24. The molecule has 6 nitrogen and oxygen atoms in total. The number of aryl methyl sites for hydroxylation is 1. The van der Waals surface area contributed by atoms with Crippen LogP contribution in [0.5, 0.6) is 5.75 Å². The summed E-state index contributed by atoms with van der Waals surface area (Å²) in [6, 6.07) is 14.3. The van der Waals surface area contributed by atoms with Crippen molar-refractivity contribution in [2.24, 2.45) is 0 Å². The van der Waals surface area contributed by atoms with Crippen LogP contribution in [0.1, 0.15) is 36.1 Å². The molecule has 1 N–H and O–H groups in total. The van der Waals surface area contributed by atoms with Gasteiger partial charge in [0.05, 0.1) is 22.5 Å². The first kappa shape index (κ1) is 20.1. The van der Waals surface area contributed by atoms with E-state index in [9.17, 15) is 4.79 Å². The number of anilines is 1. The Morgan fingerprint density at radius 1 is 1.26 bits per heavy atom. The number of hydrogen-bond acceptors (Lipinski definition) is 6. The second-order valence-corrected chi connectivity index (χ2v) is 9.29. The van der Waals surface area contributed by atoms with E-state index in [2.05, 4.69) is 35.8 Å². The van der Waals surface area contributed by atoms with Crippen LogP contribution >= 0.6 is 23.1 Å². The lowest BCUT2D eigenvalue weighted by molar-refractivity contribution is -0.116. The number of thiazole rings is 1. The second kappa shape index (κ2) is 8.01. The van der Waals surface area contributed by atoms with Crippen molar-refractivity contribution >= 4 is 45.0 Å². The number of ether oxygens (including phenoxy) is 1. The second-order valence-electron chi connectivity index (χ2n) is 7.40. The quantitative estimate of drug-likeness (QED) is 0.413. The van der Waals surface area contributed by atoms with Gasteiger partial charge < -0.3 is 10.1 Å². The molecule has 4 aromatic rings. The van der Waals surface area contributed by atoms with E-state index >= 15 is 0 Å². The smallest absolute Gasteiger partial charge is 0.226 e. The molecule has 8 heteroatoms. The van der Waals surface area contributed by atoms with Crippen LogP contribution in [-0.4, -0.2) is 33.5 Å². The normalized spacial score (nSPS) is 15.7. The molecule has 1 aliphatic heterocycles. The van der Waals surface area contributed by atoms with Crippen LogP contribution in [0, 0.1) is 6.92 Å². The third-order valence-electron chi connectivity index (χ3n) is 5.46. The van der Waals surface area contributed by atoms with Crippen LogP contribution in [-0.2, 0) is 4.79 Å². The molecule has 0 spiro atoms. The zero-order valence-electron chi connectivity index (χ0n) is 17.5. The Balaban J connectivity index is 1.59. The first-order chi connectivity index (χ1) is 15.1. The molecule has 31 heavy (non-hydrogen) atoms. The highest BCUT2D eigenvalue weighted by molar-refractivity contribution is 7.98. The average molecular weight is 451 g/mol. The Morgan fingerprint density at radius 3 is 2.81 bits per heavy atom. The van der Waals surface area contributed by atoms with Crippen LogP contribution < -0.4 is 10.1 Å². The Morgan fingerprint density at radius 2 is 2.06 bits per heavy atom. The first-order valence-corrected chi connectivity index (χ1v) is 12.2. The van der Waals surface area contributed by atoms with Crippen molar-refractivity contribution in [3.63, 3.8) is 0 Å². The number of nitrogens with zero attached hydrogens (tertiary/aromatic N) is 3. The molecule has 2 aromatic carbocycles. The molecule has 1 aliphatic rings. The molecule has 2 aromatic heterocycles. The molecule has 0 unspecified atom stereocenters. The van der Waals surface area contributed by atoms with Crippen molar-refractivity contribution in [1.29, 1.82) is 0 Å². The fourth-order valence-electron chi connectivity index (χ4n) is 4.05. The lowest BCUT2D eigenvalue weighted by atomic mass is 9.86. The maximum Gasteiger partial charge on any atom is 0.226 e. The Hall–Kier alpha value is -2.84. The van der Waals surface area contributed by atoms with Gasteiger partial charge in [0.25, 0.3) is 0 Å². The number of rotatable bonds is 5. The molecule has 0 saturated heterocycles.